The molecule has 1 fully saturated rings. The number of fused-ring (bicyclic) bond motifs is 1. The molecule has 2 heteroatoms. The Morgan fingerprint density at radius 1 is 1.58 bits per heavy atom. The van der Waals surface area contributed by atoms with E-state index in [1.54, 1.807) is 0 Å². The zero-order chi connectivity index (χ0) is 8.72. The van der Waals surface area contributed by atoms with E-state index in [4.69, 9.17) is 4.74 Å². The van der Waals surface area contributed by atoms with Crippen molar-refractivity contribution in [1.29, 1.82) is 0 Å². The van der Waals surface area contributed by atoms with E-state index in [0.717, 1.165) is 6.42 Å². The molecule has 2 rings (SSSR count). The van der Waals surface area contributed by atoms with Gasteiger partial charge in [0.1, 0.15) is 6.10 Å². The lowest BCUT2D eigenvalue weighted by molar-refractivity contribution is -0.158. The van der Waals surface area contributed by atoms with E-state index < -0.39 is 0 Å². The molecule has 0 unspecified atom stereocenters. The van der Waals surface area contributed by atoms with Gasteiger partial charge in [-0.3, -0.25) is 4.79 Å². The fourth-order valence-corrected chi connectivity index (χ4v) is 2.21. The summed E-state index contributed by atoms with van der Waals surface area (Å²) in [6.45, 7) is 4.19. The molecule has 0 aromatic heterocycles. The molecule has 66 valence electrons. The molecule has 0 aromatic rings. The number of ether oxygens (including phenoxy) is 1. The highest BCUT2D eigenvalue weighted by Gasteiger charge is 2.39. The van der Waals surface area contributed by atoms with E-state index in [2.05, 4.69) is 19.9 Å². The van der Waals surface area contributed by atoms with Crippen LogP contribution in [0.15, 0.2) is 11.6 Å². The van der Waals surface area contributed by atoms with Gasteiger partial charge in [-0.1, -0.05) is 13.0 Å². The van der Waals surface area contributed by atoms with Gasteiger partial charge in [-0.05, 0) is 24.8 Å². The summed E-state index contributed by atoms with van der Waals surface area (Å²) in [6.07, 6.45) is 3.98. The molecule has 2 nitrogen and oxygen atoms in total. The molecule has 1 saturated heterocycles. The van der Waals surface area contributed by atoms with Gasteiger partial charge in [-0.15, -0.1) is 0 Å². The standard InChI is InChI=1S/C10H14O2/c1-6-3-4-8-7(2)5-9(11)12-10(6)8/h3,7-8,10H,4-5H2,1-2H3/t7-,8+,10+/m0/s1. The Morgan fingerprint density at radius 3 is 3.08 bits per heavy atom. The van der Waals surface area contributed by atoms with Crippen molar-refractivity contribution in [2.24, 2.45) is 11.8 Å². The molecule has 0 bridgehead atoms. The summed E-state index contributed by atoms with van der Waals surface area (Å²) in [5, 5.41) is 0. The molecular formula is C10H14O2. The number of carbonyl (C=O) groups is 1. The van der Waals surface area contributed by atoms with Crippen LogP contribution in [0.2, 0.25) is 0 Å². The van der Waals surface area contributed by atoms with E-state index in [-0.39, 0.29) is 12.1 Å². The first kappa shape index (κ1) is 7.84. The van der Waals surface area contributed by atoms with Crippen molar-refractivity contribution in [2.75, 3.05) is 0 Å². The molecule has 0 aromatic carbocycles. The summed E-state index contributed by atoms with van der Waals surface area (Å²) < 4.78 is 5.29. The zero-order valence-electron chi connectivity index (χ0n) is 7.54. The van der Waals surface area contributed by atoms with Crippen LogP contribution in [0, 0.1) is 11.8 Å². The quantitative estimate of drug-likeness (QED) is 0.406. The summed E-state index contributed by atoms with van der Waals surface area (Å²) in [7, 11) is 0. The van der Waals surface area contributed by atoms with Crippen LogP contribution in [-0.2, 0) is 9.53 Å². The highest BCUT2D eigenvalue weighted by molar-refractivity contribution is 5.71. The Morgan fingerprint density at radius 2 is 2.33 bits per heavy atom. The molecule has 2 aliphatic rings. The number of hydrogen-bond donors (Lipinski definition) is 0. The van der Waals surface area contributed by atoms with Crippen LogP contribution in [0.1, 0.15) is 26.7 Å². The van der Waals surface area contributed by atoms with Crippen molar-refractivity contribution in [1.82, 2.24) is 0 Å². The van der Waals surface area contributed by atoms with Crippen LogP contribution < -0.4 is 0 Å². The van der Waals surface area contributed by atoms with E-state index in [9.17, 15) is 4.79 Å². The van der Waals surface area contributed by atoms with Crippen molar-refractivity contribution < 1.29 is 9.53 Å². The van der Waals surface area contributed by atoms with Gasteiger partial charge in [0, 0.05) is 12.3 Å². The van der Waals surface area contributed by atoms with Gasteiger partial charge < -0.3 is 4.74 Å². The number of rotatable bonds is 0. The third kappa shape index (κ3) is 1.06. The summed E-state index contributed by atoms with van der Waals surface area (Å²) in [5.74, 6) is 1.02. The first-order chi connectivity index (χ1) is 5.68. The van der Waals surface area contributed by atoms with Crippen molar-refractivity contribution >= 4 is 5.97 Å². The summed E-state index contributed by atoms with van der Waals surface area (Å²) in [6, 6.07) is 0. The Bertz CT molecular complexity index is 242. The Balaban J connectivity index is 2.18. The molecule has 0 radical (unpaired) electrons. The third-order valence-electron chi connectivity index (χ3n) is 3.03. The molecule has 12 heavy (non-hydrogen) atoms. The van der Waals surface area contributed by atoms with Crippen LogP contribution in [0.3, 0.4) is 0 Å². The van der Waals surface area contributed by atoms with E-state index in [1.807, 2.05) is 0 Å². The van der Waals surface area contributed by atoms with E-state index >= 15 is 0 Å². The lowest BCUT2D eigenvalue weighted by Crippen LogP contribution is -2.35. The fraction of sp³-hybridized carbons (Fsp3) is 0.700. The zero-order valence-corrected chi connectivity index (χ0v) is 7.54. The molecule has 0 amide bonds. The maximum absolute atomic E-state index is 11.1. The Hall–Kier alpha value is -0.790. The van der Waals surface area contributed by atoms with Crippen LogP contribution in [-0.4, -0.2) is 12.1 Å². The topological polar surface area (TPSA) is 26.3 Å². The van der Waals surface area contributed by atoms with Crippen molar-refractivity contribution in [3.05, 3.63) is 11.6 Å². The monoisotopic (exact) mass is 166 g/mol. The second kappa shape index (κ2) is 2.61. The molecule has 1 heterocycles. The van der Waals surface area contributed by atoms with Gasteiger partial charge >= 0.3 is 5.97 Å². The third-order valence-corrected chi connectivity index (χ3v) is 3.03. The highest BCUT2D eigenvalue weighted by Crippen LogP contribution is 2.38. The lowest BCUT2D eigenvalue weighted by Gasteiger charge is -2.31. The molecule has 0 saturated carbocycles. The Kier molecular flexibility index (Phi) is 1.71. The first-order valence-corrected chi connectivity index (χ1v) is 4.54. The molecular weight excluding hydrogens is 152 g/mol. The van der Waals surface area contributed by atoms with Gasteiger partial charge in [0.05, 0.1) is 0 Å². The van der Waals surface area contributed by atoms with Crippen molar-refractivity contribution in [2.45, 2.75) is 32.8 Å². The van der Waals surface area contributed by atoms with Crippen molar-refractivity contribution in [3.8, 4) is 0 Å². The second-order valence-corrected chi connectivity index (χ2v) is 3.94. The smallest absolute Gasteiger partial charge is 0.306 e. The molecule has 0 N–H and O–H groups in total. The first-order valence-electron chi connectivity index (χ1n) is 4.54. The minimum absolute atomic E-state index is 0.0293. The number of allylic oxidation sites excluding steroid dienone is 1. The molecule has 1 aliphatic heterocycles. The van der Waals surface area contributed by atoms with Crippen LogP contribution in [0.4, 0.5) is 0 Å². The second-order valence-electron chi connectivity index (χ2n) is 3.94. The van der Waals surface area contributed by atoms with Crippen LogP contribution in [0.25, 0.3) is 0 Å². The predicted molar refractivity (Wildman–Crippen MR) is 45.5 cm³/mol. The summed E-state index contributed by atoms with van der Waals surface area (Å²) in [5.41, 5.74) is 1.24. The lowest BCUT2D eigenvalue weighted by atomic mass is 9.84. The van der Waals surface area contributed by atoms with E-state index in [0.29, 0.717) is 18.3 Å². The van der Waals surface area contributed by atoms with Crippen LogP contribution in [0.5, 0.6) is 0 Å². The number of hydrogen-bond acceptors (Lipinski definition) is 2. The molecule has 3 atom stereocenters. The average molecular weight is 166 g/mol. The number of carbonyl (C=O) groups excluding carboxylic acids is 1. The highest BCUT2D eigenvalue weighted by atomic mass is 16.5. The van der Waals surface area contributed by atoms with Crippen LogP contribution >= 0.6 is 0 Å². The normalized spacial score (nSPS) is 40.3. The van der Waals surface area contributed by atoms with Gasteiger partial charge in [-0.25, -0.2) is 0 Å². The minimum Gasteiger partial charge on any atom is -0.458 e. The maximum Gasteiger partial charge on any atom is 0.306 e. The minimum atomic E-state index is -0.0293. The maximum atomic E-state index is 11.1. The van der Waals surface area contributed by atoms with Gasteiger partial charge in [0.25, 0.3) is 0 Å². The van der Waals surface area contributed by atoms with Crippen molar-refractivity contribution in [3.63, 3.8) is 0 Å². The van der Waals surface area contributed by atoms with Gasteiger partial charge in [0.2, 0.25) is 0 Å². The van der Waals surface area contributed by atoms with Gasteiger partial charge in [0.15, 0.2) is 0 Å². The Labute approximate surface area is 72.6 Å². The predicted octanol–water partition coefficient (Wildman–Crippen LogP) is 1.90. The molecule has 1 aliphatic carbocycles. The summed E-state index contributed by atoms with van der Waals surface area (Å²) >= 11 is 0. The van der Waals surface area contributed by atoms with Gasteiger partial charge in [-0.2, -0.15) is 0 Å². The SMILES string of the molecule is CC1=CC[C@H]2[C@@H]1OC(=O)C[C@@H]2C. The van der Waals surface area contributed by atoms with E-state index in [1.165, 1.54) is 5.57 Å². The largest absolute Gasteiger partial charge is 0.458 e. The summed E-state index contributed by atoms with van der Waals surface area (Å²) in [4.78, 5) is 11.1. The fourth-order valence-electron chi connectivity index (χ4n) is 2.21. The number of esters is 1. The molecule has 0 spiro atoms. The average Bonchev–Trinajstić information content (AvgIpc) is 2.33.